The number of benzene rings is 1. The van der Waals surface area contributed by atoms with Crippen molar-refractivity contribution < 1.29 is 5.11 Å². The Labute approximate surface area is 88.9 Å². The van der Waals surface area contributed by atoms with Crippen molar-refractivity contribution in [2.45, 2.75) is 25.8 Å². The van der Waals surface area contributed by atoms with Gasteiger partial charge in [0.15, 0.2) is 0 Å². The van der Waals surface area contributed by atoms with Crippen molar-refractivity contribution in [3.63, 3.8) is 0 Å². The van der Waals surface area contributed by atoms with Gasteiger partial charge in [-0.2, -0.15) is 0 Å². The summed E-state index contributed by atoms with van der Waals surface area (Å²) in [5.41, 5.74) is 1.85. The summed E-state index contributed by atoms with van der Waals surface area (Å²) >= 11 is 6.03. The van der Waals surface area contributed by atoms with E-state index in [1.165, 1.54) is 0 Å². The molecular formula is C11H14ClNO. The van der Waals surface area contributed by atoms with Crippen LogP contribution < -0.4 is 5.32 Å². The molecule has 0 bridgehead atoms. The first-order valence-corrected chi connectivity index (χ1v) is 5.28. The van der Waals surface area contributed by atoms with Gasteiger partial charge in [-0.05, 0) is 44.0 Å². The maximum absolute atomic E-state index is 9.78. The van der Waals surface area contributed by atoms with Gasteiger partial charge in [-0.1, -0.05) is 11.6 Å². The molecule has 1 fully saturated rings. The van der Waals surface area contributed by atoms with Crippen LogP contribution in [0.4, 0.5) is 0 Å². The number of nitrogens with one attached hydrogen (secondary N) is 1. The van der Waals surface area contributed by atoms with Crippen molar-refractivity contribution in [1.29, 1.82) is 0 Å². The molecule has 3 heteroatoms. The van der Waals surface area contributed by atoms with Gasteiger partial charge in [0, 0.05) is 16.6 Å². The van der Waals surface area contributed by atoms with Crippen LogP contribution in [0.15, 0.2) is 12.1 Å². The first-order chi connectivity index (χ1) is 6.68. The molecule has 0 aromatic heterocycles. The zero-order valence-electron chi connectivity index (χ0n) is 8.18. The van der Waals surface area contributed by atoms with E-state index in [9.17, 15) is 5.11 Å². The van der Waals surface area contributed by atoms with Crippen molar-refractivity contribution in [2.75, 3.05) is 6.54 Å². The van der Waals surface area contributed by atoms with Gasteiger partial charge in [-0.3, -0.25) is 0 Å². The standard InChI is InChI=1S/C11H14ClNO/c1-7-5-11(14)8(6-9(7)12)10-3-2-4-13-10/h5-6,10,13-14H,2-4H2,1H3/t10-/m1/s1. The summed E-state index contributed by atoms with van der Waals surface area (Å²) in [6.45, 7) is 2.92. The SMILES string of the molecule is Cc1cc(O)c([C@H]2CCCN2)cc1Cl. The van der Waals surface area contributed by atoms with Gasteiger partial charge in [0.25, 0.3) is 0 Å². The molecule has 0 radical (unpaired) electrons. The summed E-state index contributed by atoms with van der Waals surface area (Å²) < 4.78 is 0. The molecule has 0 saturated carbocycles. The van der Waals surface area contributed by atoms with Gasteiger partial charge in [0.1, 0.15) is 5.75 Å². The van der Waals surface area contributed by atoms with Crippen molar-refractivity contribution in [3.8, 4) is 5.75 Å². The highest BCUT2D eigenvalue weighted by atomic mass is 35.5. The second-order valence-electron chi connectivity index (χ2n) is 3.81. The number of phenolic OH excluding ortho intramolecular Hbond substituents is 1. The molecule has 76 valence electrons. The Hall–Kier alpha value is -0.730. The summed E-state index contributed by atoms with van der Waals surface area (Å²) in [5.74, 6) is 0.353. The van der Waals surface area contributed by atoms with Crippen molar-refractivity contribution in [2.24, 2.45) is 0 Å². The Bertz CT molecular complexity index is 345. The number of halogens is 1. The molecule has 1 aromatic rings. The molecular weight excluding hydrogens is 198 g/mol. The Morgan fingerprint density at radius 2 is 2.29 bits per heavy atom. The van der Waals surface area contributed by atoms with E-state index in [4.69, 9.17) is 11.6 Å². The van der Waals surface area contributed by atoms with Crippen LogP contribution in [0.1, 0.15) is 30.0 Å². The minimum absolute atomic E-state index is 0.271. The smallest absolute Gasteiger partial charge is 0.120 e. The molecule has 1 aliphatic heterocycles. The van der Waals surface area contributed by atoms with E-state index in [-0.39, 0.29) is 6.04 Å². The largest absolute Gasteiger partial charge is 0.508 e. The molecule has 1 aliphatic rings. The van der Waals surface area contributed by atoms with Gasteiger partial charge < -0.3 is 10.4 Å². The monoisotopic (exact) mass is 211 g/mol. The molecule has 1 saturated heterocycles. The van der Waals surface area contributed by atoms with Crippen LogP contribution in [0, 0.1) is 6.92 Å². The van der Waals surface area contributed by atoms with E-state index in [1.807, 2.05) is 13.0 Å². The molecule has 0 amide bonds. The Morgan fingerprint density at radius 3 is 2.93 bits per heavy atom. The second kappa shape index (κ2) is 3.79. The van der Waals surface area contributed by atoms with E-state index >= 15 is 0 Å². The highest BCUT2D eigenvalue weighted by Gasteiger charge is 2.19. The number of aryl methyl sites for hydroxylation is 1. The number of phenols is 1. The Kier molecular flexibility index (Phi) is 2.66. The summed E-state index contributed by atoms with van der Waals surface area (Å²) in [6.07, 6.45) is 2.24. The molecule has 14 heavy (non-hydrogen) atoms. The van der Waals surface area contributed by atoms with Crippen LogP contribution in [-0.4, -0.2) is 11.7 Å². The van der Waals surface area contributed by atoms with Gasteiger partial charge >= 0.3 is 0 Å². The molecule has 0 aliphatic carbocycles. The molecule has 1 aromatic carbocycles. The van der Waals surface area contributed by atoms with Crippen LogP contribution in [-0.2, 0) is 0 Å². The van der Waals surface area contributed by atoms with Crippen molar-refractivity contribution in [1.82, 2.24) is 5.32 Å². The quantitative estimate of drug-likeness (QED) is 0.749. The van der Waals surface area contributed by atoms with E-state index in [1.54, 1.807) is 6.07 Å². The molecule has 0 unspecified atom stereocenters. The van der Waals surface area contributed by atoms with Gasteiger partial charge in [0.2, 0.25) is 0 Å². The zero-order valence-corrected chi connectivity index (χ0v) is 8.93. The highest BCUT2D eigenvalue weighted by Crippen LogP contribution is 2.33. The zero-order chi connectivity index (χ0) is 10.1. The lowest BCUT2D eigenvalue weighted by Crippen LogP contribution is -2.13. The predicted octanol–water partition coefficient (Wildman–Crippen LogP) is 2.78. The second-order valence-corrected chi connectivity index (χ2v) is 4.22. The number of aromatic hydroxyl groups is 1. The lowest BCUT2D eigenvalue weighted by Gasteiger charge is -2.13. The third-order valence-corrected chi connectivity index (χ3v) is 3.15. The fourth-order valence-electron chi connectivity index (χ4n) is 1.91. The lowest BCUT2D eigenvalue weighted by atomic mass is 10.0. The molecule has 1 atom stereocenters. The number of hydrogen-bond acceptors (Lipinski definition) is 2. The first-order valence-electron chi connectivity index (χ1n) is 4.91. The van der Waals surface area contributed by atoms with Crippen LogP contribution >= 0.6 is 11.6 Å². The van der Waals surface area contributed by atoms with Crippen molar-refractivity contribution in [3.05, 3.63) is 28.3 Å². The number of hydrogen-bond donors (Lipinski definition) is 2. The first kappa shape index (κ1) is 9.81. The minimum atomic E-state index is 0.271. The normalized spacial score (nSPS) is 21.4. The van der Waals surface area contributed by atoms with Crippen LogP contribution in [0.25, 0.3) is 0 Å². The van der Waals surface area contributed by atoms with Crippen LogP contribution in [0.2, 0.25) is 5.02 Å². The molecule has 2 nitrogen and oxygen atoms in total. The molecule has 2 rings (SSSR count). The molecule has 0 spiro atoms. The average molecular weight is 212 g/mol. The fraction of sp³-hybridized carbons (Fsp3) is 0.455. The minimum Gasteiger partial charge on any atom is -0.508 e. The van der Waals surface area contributed by atoms with E-state index < -0.39 is 0 Å². The molecule has 1 heterocycles. The summed E-state index contributed by atoms with van der Waals surface area (Å²) in [5, 5.41) is 13.8. The van der Waals surface area contributed by atoms with E-state index in [0.717, 1.165) is 35.5 Å². The van der Waals surface area contributed by atoms with Gasteiger partial charge in [0.05, 0.1) is 0 Å². The molecule has 2 N–H and O–H groups in total. The van der Waals surface area contributed by atoms with Crippen LogP contribution in [0.5, 0.6) is 5.75 Å². The third-order valence-electron chi connectivity index (χ3n) is 2.74. The third kappa shape index (κ3) is 1.72. The highest BCUT2D eigenvalue weighted by molar-refractivity contribution is 6.31. The summed E-state index contributed by atoms with van der Waals surface area (Å²) in [7, 11) is 0. The van der Waals surface area contributed by atoms with E-state index in [2.05, 4.69) is 5.32 Å². The maximum Gasteiger partial charge on any atom is 0.120 e. The topological polar surface area (TPSA) is 32.3 Å². The number of rotatable bonds is 1. The summed E-state index contributed by atoms with van der Waals surface area (Å²) in [6, 6.07) is 3.88. The predicted molar refractivity (Wildman–Crippen MR) is 57.8 cm³/mol. The van der Waals surface area contributed by atoms with Gasteiger partial charge in [-0.15, -0.1) is 0 Å². The Morgan fingerprint density at radius 1 is 1.50 bits per heavy atom. The average Bonchev–Trinajstić information content (AvgIpc) is 2.64. The van der Waals surface area contributed by atoms with Crippen LogP contribution in [0.3, 0.4) is 0 Å². The Balaban J connectivity index is 2.37. The summed E-state index contributed by atoms with van der Waals surface area (Å²) in [4.78, 5) is 0. The van der Waals surface area contributed by atoms with Crippen molar-refractivity contribution >= 4 is 11.6 Å². The fourth-order valence-corrected chi connectivity index (χ4v) is 2.08. The lowest BCUT2D eigenvalue weighted by molar-refractivity contribution is 0.456. The van der Waals surface area contributed by atoms with Gasteiger partial charge in [-0.25, -0.2) is 0 Å². The maximum atomic E-state index is 9.78. The van der Waals surface area contributed by atoms with E-state index in [0.29, 0.717) is 5.75 Å².